The van der Waals surface area contributed by atoms with Crippen LogP contribution in [0.25, 0.3) is 0 Å². The van der Waals surface area contributed by atoms with Crippen LogP contribution in [0.1, 0.15) is 5.56 Å². The second-order valence-corrected chi connectivity index (χ2v) is 5.51. The Morgan fingerprint density at radius 3 is 2.86 bits per heavy atom. The van der Waals surface area contributed by atoms with Gasteiger partial charge in [0.2, 0.25) is 5.91 Å². The van der Waals surface area contributed by atoms with Gasteiger partial charge < -0.3 is 15.0 Å². The number of likely N-dealkylation sites (N-methyl/N-ethyl adjacent to an activating group) is 1. The average molecular weight is 291 g/mol. The van der Waals surface area contributed by atoms with Crippen molar-refractivity contribution in [3.63, 3.8) is 0 Å². The molecular formula is C16H25N3O2. The van der Waals surface area contributed by atoms with E-state index in [9.17, 15) is 4.79 Å². The highest BCUT2D eigenvalue weighted by Crippen LogP contribution is 2.12. The first-order valence-corrected chi connectivity index (χ1v) is 7.51. The number of aryl methyl sites for hydroxylation is 1. The SMILES string of the molecule is Cc1cccc(OCCN(C)C(=O)CN2CCNCC2)c1. The Balaban J connectivity index is 1.68. The molecular weight excluding hydrogens is 266 g/mol. The molecule has 2 rings (SSSR count). The van der Waals surface area contributed by atoms with E-state index in [1.54, 1.807) is 4.90 Å². The molecule has 0 bridgehead atoms. The van der Waals surface area contributed by atoms with Crippen molar-refractivity contribution in [3.05, 3.63) is 29.8 Å². The van der Waals surface area contributed by atoms with Crippen molar-refractivity contribution >= 4 is 5.91 Å². The van der Waals surface area contributed by atoms with Crippen molar-refractivity contribution in [1.29, 1.82) is 0 Å². The van der Waals surface area contributed by atoms with E-state index < -0.39 is 0 Å². The van der Waals surface area contributed by atoms with E-state index in [1.165, 1.54) is 5.56 Å². The molecule has 1 N–H and O–H groups in total. The van der Waals surface area contributed by atoms with Gasteiger partial charge in [0.15, 0.2) is 0 Å². The number of nitrogens with zero attached hydrogens (tertiary/aromatic N) is 2. The van der Waals surface area contributed by atoms with Gasteiger partial charge in [-0.2, -0.15) is 0 Å². The molecule has 0 saturated carbocycles. The van der Waals surface area contributed by atoms with Crippen LogP contribution in [-0.2, 0) is 4.79 Å². The van der Waals surface area contributed by atoms with Gasteiger partial charge in [0.25, 0.3) is 0 Å². The fourth-order valence-electron chi connectivity index (χ4n) is 2.31. The molecule has 0 aromatic heterocycles. The van der Waals surface area contributed by atoms with E-state index in [1.807, 2.05) is 38.2 Å². The first-order valence-electron chi connectivity index (χ1n) is 7.51. The fourth-order valence-corrected chi connectivity index (χ4v) is 2.31. The third-order valence-electron chi connectivity index (χ3n) is 3.68. The van der Waals surface area contributed by atoms with Crippen LogP contribution in [0, 0.1) is 6.92 Å². The Morgan fingerprint density at radius 1 is 1.38 bits per heavy atom. The molecule has 1 amide bonds. The normalized spacial score (nSPS) is 15.7. The molecule has 0 aliphatic carbocycles. The molecule has 116 valence electrons. The molecule has 5 nitrogen and oxygen atoms in total. The smallest absolute Gasteiger partial charge is 0.236 e. The molecule has 0 radical (unpaired) electrons. The molecule has 1 aromatic rings. The summed E-state index contributed by atoms with van der Waals surface area (Å²) in [7, 11) is 1.84. The van der Waals surface area contributed by atoms with Crippen LogP contribution in [-0.4, -0.2) is 68.6 Å². The number of rotatable bonds is 6. The van der Waals surface area contributed by atoms with Gasteiger partial charge in [-0.25, -0.2) is 0 Å². The van der Waals surface area contributed by atoms with E-state index in [-0.39, 0.29) is 5.91 Å². The van der Waals surface area contributed by atoms with E-state index in [0.29, 0.717) is 19.7 Å². The molecule has 1 aliphatic rings. The van der Waals surface area contributed by atoms with Gasteiger partial charge in [-0.05, 0) is 24.6 Å². The highest BCUT2D eigenvalue weighted by molar-refractivity contribution is 5.78. The first kappa shape index (κ1) is 15.8. The molecule has 5 heteroatoms. The van der Waals surface area contributed by atoms with E-state index in [4.69, 9.17) is 4.74 Å². The number of carbonyl (C=O) groups is 1. The summed E-state index contributed by atoms with van der Waals surface area (Å²) in [5, 5.41) is 3.29. The number of hydrogen-bond donors (Lipinski definition) is 1. The molecule has 1 saturated heterocycles. The van der Waals surface area contributed by atoms with Crippen LogP contribution in [0.5, 0.6) is 5.75 Å². The summed E-state index contributed by atoms with van der Waals surface area (Å²) < 4.78 is 5.68. The zero-order valence-electron chi connectivity index (χ0n) is 13.0. The second kappa shape index (κ2) is 8.00. The summed E-state index contributed by atoms with van der Waals surface area (Å²) in [4.78, 5) is 16.1. The Hall–Kier alpha value is -1.59. The summed E-state index contributed by atoms with van der Waals surface area (Å²) in [6, 6.07) is 7.96. The monoisotopic (exact) mass is 291 g/mol. The van der Waals surface area contributed by atoms with Gasteiger partial charge in [0, 0.05) is 33.2 Å². The Bertz CT molecular complexity index is 459. The molecule has 1 aliphatic heterocycles. The minimum absolute atomic E-state index is 0.157. The maximum atomic E-state index is 12.1. The quantitative estimate of drug-likeness (QED) is 0.839. The maximum absolute atomic E-state index is 12.1. The summed E-state index contributed by atoms with van der Waals surface area (Å²) in [6.45, 7) is 7.49. The van der Waals surface area contributed by atoms with Gasteiger partial charge in [0.1, 0.15) is 12.4 Å². The lowest BCUT2D eigenvalue weighted by molar-refractivity contribution is -0.131. The zero-order chi connectivity index (χ0) is 15.1. The van der Waals surface area contributed by atoms with Crippen molar-refractivity contribution in [1.82, 2.24) is 15.1 Å². The van der Waals surface area contributed by atoms with E-state index >= 15 is 0 Å². The van der Waals surface area contributed by atoms with Gasteiger partial charge in [-0.1, -0.05) is 12.1 Å². The molecule has 0 atom stereocenters. The van der Waals surface area contributed by atoms with Gasteiger partial charge in [-0.15, -0.1) is 0 Å². The van der Waals surface area contributed by atoms with Crippen LogP contribution >= 0.6 is 0 Å². The lowest BCUT2D eigenvalue weighted by Crippen LogP contribution is -2.48. The number of ether oxygens (including phenoxy) is 1. The van der Waals surface area contributed by atoms with Gasteiger partial charge in [-0.3, -0.25) is 9.69 Å². The number of hydrogen-bond acceptors (Lipinski definition) is 4. The summed E-state index contributed by atoms with van der Waals surface area (Å²) in [5.41, 5.74) is 1.18. The number of nitrogens with one attached hydrogen (secondary N) is 1. The third-order valence-corrected chi connectivity index (χ3v) is 3.68. The van der Waals surface area contributed by atoms with Crippen LogP contribution in [0.15, 0.2) is 24.3 Å². The fraction of sp³-hybridized carbons (Fsp3) is 0.562. The molecule has 0 spiro atoms. The number of piperazine rings is 1. The summed E-state index contributed by atoms with van der Waals surface area (Å²) in [5.74, 6) is 1.02. The minimum Gasteiger partial charge on any atom is -0.492 e. The molecule has 1 heterocycles. The lowest BCUT2D eigenvalue weighted by atomic mass is 10.2. The highest BCUT2D eigenvalue weighted by atomic mass is 16.5. The topological polar surface area (TPSA) is 44.8 Å². The predicted molar refractivity (Wildman–Crippen MR) is 83.6 cm³/mol. The van der Waals surface area contributed by atoms with E-state index in [0.717, 1.165) is 31.9 Å². The molecule has 1 aromatic carbocycles. The maximum Gasteiger partial charge on any atom is 0.236 e. The minimum atomic E-state index is 0.157. The highest BCUT2D eigenvalue weighted by Gasteiger charge is 2.16. The van der Waals surface area contributed by atoms with Gasteiger partial charge >= 0.3 is 0 Å². The largest absolute Gasteiger partial charge is 0.492 e. The third kappa shape index (κ3) is 5.36. The van der Waals surface area contributed by atoms with Crippen LogP contribution in [0.2, 0.25) is 0 Å². The van der Waals surface area contributed by atoms with Crippen molar-refractivity contribution in [2.24, 2.45) is 0 Å². The molecule has 21 heavy (non-hydrogen) atoms. The first-order chi connectivity index (χ1) is 10.1. The second-order valence-electron chi connectivity index (χ2n) is 5.51. The molecule has 1 fully saturated rings. The predicted octanol–water partition coefficient (Wildman–Crippen LogP) is 0.737. The van der Waals surface area contributed by atoms with Crippen LogP contribution < -0.4 is 10.1 Å². The Morgan fingerprint density at radius 2 is 2.14 bits per heavy atom. The number of benzene rings is 1. The van der Waals surface area contributed by atoms with Crippen molar-refractivity contribution in [2.75, 3.05) is 52.9 Å². The number of amides is 1. The van der Waals surface area contributed by atoms with Crippen LogP contribution in [0.4, 0.5) is 0 Å². The lowest BCUT2D eigenvalue weighted by Gasteiger charge is -2.28. The van der Waals surface area contributed by atoms with Crippen molar-refractivity contribution < 1.29 is 9.53 Å². The summed E-state index contributed by atoms with van der Waals surface area (Å²) >= 11 is 0. The Kier molecular flexibility index (Phi) is 6.02. The van der Waals surface area contributed by atoms with Crippen molar-refractivity contribution in [3.8, 4) is 5.75 Å². The number of carbonyl (C=O) groups excluding carboxylic acids is 1. The zero-order valence-corrected chi connectivity index (χ0v) is 13.0. The van der Waals surface area contributed by atoms with Gasteiger partial charge in [0.05, 0.1) is 13.1 Å². The summed E-state index contributed by atoms with van der Waals surface area (Å²) in [6.07, 6.45) is 0. The average Bonchev–Trinajstić information content (AvgIpc) is 2.48. The van der Waals surface area contributed by atoms with E-state index in [2.05, 4.69) is 10.2 Å². The van der Waals surface area contributed by atoms with Crippen LogP contribution in [0.3, 0.4) is 0 Å². The molecule has 0 unspecified atom stereocenters. The Labute approximate surface area is 126 Å². The van der Waals surface area contributed by atoms with Crippen molar-refractivity contribution in [2.45, 2.75) is 6.92 Å². The standard InChI is InChI=1S/C16H25N3O2/c1-14-4-3-5-15(12-14)21-11-10-18(2)16(20)13-19-8-6-17-7-9-19/h3-5,12,17H,6-11,13H2,1-2H3.